The average molecular weight is 315 g/mol. The molecule has 0 saturated heterocycles. The molecule has 0 unspecified atom stereocenters. The van der Waals surface area contributed by atoms with E-state index in [0.717, 1.165) is 16.5 Å². The third-order valence-corrected chi connectivity index (χ3v) is 3.68. The molecule has 4 nitrogen and oxygen atoms in total. The van der Waals surface area contributed by atoms with Crippen molar-refractivity contribution < 1.29 is 9.84 Å². The van der Waals surface area contributed by atoms with Crippen molar-refractivity contribution in [3.63, 3.8) is 0 Å². The molecule has 1 aromatic heterocycles. The number of rotatable bonds is 3. The van der Waals surface area contributed by atoms with Gasteiger partial charge < -0.3 is 14.8 Å². The number of fused-ring (bicyclic) bond motifs is 1. The fourth-order valence-electron chi connectivity index (χ4n) is 2.34. The number of halogens is 1. The number of aromatic nitrogens is 1. The lowest BCUT2D eigenvalue weighted by atomic mass is 10.1. The first-order valence-corrected chi connectivity index (χ1v) is 7.15. The number of aromatic amines is 1. The molecule has 0 amide bonds. The molecule has 1 heterocycles. The number of ether oxygens (including phenoxy) is 1. The van der Waals surface area contributed by atoms with Gasteiger partial charge in [-0.1, -0.05) is 23.2 Å². The predicted molar refractivity (Wildman–Crippen MR) is 90.0 cm³/mol. The molecule has 0 aliphatic carbocycles. The van der Waals surface area contributed by atoms with Crippen molar-refractivity contribution >= 4 is 34.4 Å². The number of nitrogens with zero attached hydrogens (tertiary/aromatic N) is 1. The Hall–Kier alpha value is -2.46. The lowest BCUT2D eigenvalue weighted by molar-refractivity contribution is 0.416. The number of benzene rings is 2. The highest BCUT2D eigenvalue weighted by Crippen LogP contribution is 2.32. The third kappa shape index (κ3) is 2.65. The summed E-state index contributed by atoms with van der Waals surface area (Å²) >= 11 is 6.00. The van der Waals surface area contributed by atoms with E-state index >= 15 is 0 Å². The second-order valence-corrected chi connectivity index (χ2v) is 5.45. The van der Waals surface area contributed by atoms with Crippen molar-refractivity contribution in [3.05, 3.63) is 52.5 Å². The van der Waals surface area contributed by atoms with Gasteiger partial charge in [-0.2, -0.15) is 0 Å². The molecule has 112 valence electrons. The Morgan fingerprint density at radius 2 is 2.05 bits per heavy atom. The van der Waals surface area contributed by atoms with Crippen LogP contribution >= 0.6 is 11.6 Å². The van der Waals surface area contributed by atoms with Crippen LogP contribution in [0.15, 0.2) is 41.4 Å². The van der Waals surface area contributed by atoms with Crippen LogP contribution in [0.2, 0.25) is 5.02 Å². The van der Waals surface area contributed by atoms with E-state index in [1.807, 2.05) is 25.1 Å². The molecular weight excluding hydrogens is 300 g/mol. The summed E-state index contributed by atoms with van der Waals surface area (Å²) in [6.45, 7) is 2.00. The van der Waals surface area contributed by atoms with Crippen LogP contribution in [-0.4, -0.2) is 23.4 Å². The number of hydrogen-bond donors (Lipinski definition) is 2. The van der Waals surface area contributed by atoms with Crippen LogP contribution < -0.4 is 4.74 Å². The van der Waals surface area contributed by atoms with Crippen LogP contribution in [0.4, 0.5) is 5.69 Å². The zero-order chi connectivity index (χ0) is 15.7. The van der Waals surface area contributed by atoms with Crippen molar-refractivity contribution in [2.24, 2.45) is 4.99 Å². The Kier molecular flexibility index (Phi) is 3.77. The molecule has 22 heavy (non-hydrogen) atoms. The number of aliphatic imine (C=N–C) groups is 1. The van der Waals surface area contributed by atoms with Gasteiger partial charge in [0, 0.05) is 22.1 Å². The van der Waals surface area contributed by atoms with E-state index in [0.29, 0.717) is 22.0 Å². The minimum atomic E-state index is 0.0883. The monoisotopic (exact) mass is 314 g/mol. The highest BCUT2D eigenvalue weighted by molar-refractivity contribution is 6.30. The summed E-state index contributed by atoms with van der Waals surface area (Å²) in [4.78, 5) is 7.34. The largest absolute Gasteiger partial charge is 0.494 e. The Labute approximate surface area is 133 Å². The number of methoxy groups -OCH3 is 1. The van der Waals surface area contributed by atoms with Gasteiger partial charge in [-0.05, 0) is 37.3 Å². The standard InChI is InChI=1S/C17H15ClN2O2/c1-10-3-5-14-12(7-10)13(17(21)20-14)9-19-15-8-11(18)4-6-16(15)22-2/h3-9,20-21H,1-2H3. The second kappa shape index (κ2) is 5.73. The predicted octanol–water partition coefficient (Wildman–Crippen LogP) is 4.59. The summed E-state index contributed by atoms with van der Waals surface area (Å²) in [5.74, 6) is 0.710. The lowest BCUT2D eigenvalue weighted by Gasteiger charge is -2.04. The maximum Gasteiger partial charge on any atom is 0.198 e. The van der Waals surface area contributed by atoms with Crippen molar-refractivity contribution in [2.45, 2.75) is 6.92 Å². The van der Waals surface area contributed by atoms with Crippen LogP contribution in [0.3, 0.4) is 0 Å². The zero-order valence-corrected chi connectivity index (χ0v) is 13.0. The van der Waals surface area contributed by atoms with Crippen LogP contribution in [0.5, 0.6) is 11.6 Å². The van der Waals surface area contributed by atoms with Crippen LogP contribution in [0, 0.1) is 6.92 Å². The lowest BCUT2D eigenvalue weighted by Crippen LogP contribution is -1.85. The molecule has 0 saturated carbocycles. The number of aromatic hydroxyl groups is 1. The van der Waals surface area contributed by atoms with Gasteiger partial charge >= 0.3 is 0 Å². The quantitative estimate of drug-likeness (QED) is 0.694. The Bertz CT molecular complexity index is 868. The van der Waals surface area contributed by atoms with Gasteiger partial charge in [0.25, 0.3) is 0 Å². The van der Waals surface area contributed by atoms with E-state index in [4.69, 9.17) is 16.3 Å². The number of aryl methyl sites for hydroxylation is 1. The zero-order valence-electron chi connectivity index (χ0n) is 12.2. The van der Waals surface area contributed by atoms with Gasteiger partial charge in [0.2, 0.25) is 0 Å². The molecule has 0 fully saturated rings. The first-order chi connectivity index (χ1) is 10.6. The Morgan fingerprint density at radius 3 is 2.82 bits per heavy atom. The van der Waals surface area contributed by atoms with E-state index in [9.17, 15) is 5.11 Å². The van der Waals surface area contributed by atoms with Crippen molar-refractivity contribution in [3.8, 4) is 11.6 Å². The summed E-state index contributed by atoms with van der Waals surface area (Å²) in [7, 11) is 1.58. The van der Waals surface area contributed by atoms with E-state index in [2.05, 4.69) is 9.98 Å². The summed E-state index contributed by atoms with van der Waals surface area (Å²) < 4.78 is 5.26. The fourth-order valence-corrected chi connectivity index (χ4v) is 2.51. The molecule has 5 heteroatoms. The van der Waals surface area contributed by atoms with Gasteiger partial charge in [0.15, 0.2) is 5.88 Å². The summed E-state index contributed by atoms with van der Waals surface area (Å²) in [5, 5.41) is 11.6. The van der Waals surface area contributed by atoms with Gasteiger partial charge in [-0.15, -0.1) is 0 Å². The first kappa shape index (κ1) is 14.5. The molecule has 0 radical (unpaired) electrons. The van der Waals surface area contributed by atoms with Crippen LogP contribution in [0.1, 0.15) is 11.1 Å². The maximum atomic E-state index is 10.1. The van der Waals surface area contributed by atoms with Crippen LogP contribution in [0.25, 0.3) is 10.9 Å². The number of nitrogens with one attached hydrogen (secondary N) is 1. The molecule has 0 atom stereocenters. The van der Waals surface area contributed by atoms with Crippen LogP contribution in [-0.2, 0) is 0 Å². The van der Waals surface area contributed by atoms with Gasteiger partial charge in [-0.3, -0.25) is 4.99 Å². The van der Waals surface area contributed by atoms with Gasteiger partial charge in [-0.25, -0.2) is 0 Å². The topological polar surface area (TPSA) is 57.6 Å². The van der Waals surface area contributed by atoms with E-state index in [1.165, 1.54) is 0 Å². The van der Waals surface area contributed by atoms with E-state index in [-0.39, 0.29) is 5.88 Å². The van der Waals surface area contributed by atoms with Gasteiger partial charge in [0.05, 0.1) is 12.7 Å². The van der Waals surface area contributed by atoms with Crippen molar-refractivity contribution in [1.82, 2.24) is 4.98 Å². The SMILES string of the molecule is COc1ccc(Cl)cc1N=Cc1c(O)[nH]c2ccc(C)cc12. The fraction of sp³-hybridized carbons (Fsp3) is 0.118. The molecule has 2 N–H and O–H groups in total. The summed E-state index contributed by atoms with van der Waals surface area (Å²) in [6, 6.07) is 11.1. The minimum absolute atomic E-state index is 0.0883. The Morgan fingerprint density at radius 1 is 1.23 bits per heavy atom. The molecule has 0 bridgehead atoms. The number of hydrogen-bond acceptors (Lipinski definition) is 3. The highest BCUT2D eigenvalue weighted by Gasteiger charge is 2.09. The smallest absolute Gasteiger partial charge is 0.198 e. The molecule has 3 aromatic rings. The van der Waals surface area contributed by atoms with Crippen molar-refractivity contribution in [2.75, 3.05) is 7.11 Å². The average Bonchev–Trinajstić information content (AvgIpc) is 2.80. The molecule has 0 aliphatic rings. The summed E-state index contributed by atoms with van der Waals surface area (Å²) in [6.07, 6.45) is 1.61. The van der Waals surface area contributed by atoms with E-state index < -0.39 is 0 Å². The molecule has 3 rings (SSSR count). The molecule has 0 spiro atoms. The highest BCUT2D eigenvalue weighted by atomic mass is 35.5. The third-order valence-electron chi connectivity index (χ3n) is 3.45. The minimum Gasteiger partial charge on any atom is -0.494 e. The first-order valence-electron chi connectivity index (χ1n) is 6.77. The van der Waals surface area contributed by atoms with Gasteiger partial charge in [0.1, 0.15) is 11.4 Å². The summed E-state index contributed by atoms with van der Waals surface area (Å²) in [5.41, 5.74) is 3.22. The molecular formula is C17H15ClN2O2. The Balaban J connectivity index is 2.08. The normalized spacial score (nSPS) is 11.4. The molecule has 0 aliphatic heterocycles. The van der Waals surface area contributed by atoms with Crippen molar-refractivity contribution in [1.29, 1.82) is 0 Å². The maximum absolute atomic E-state index is 10.1. The second-order valence-electron chi connectivity index (χ2n) is 5.01. The van der Waals surface area contributed by atoms with E-state index in [1.54, 1.807) is 31.5 Å². The molecule has 2 aromatic carbocycles. The number of H-pyrrole nitrogens is 1.